The van der Waals surface area contributed by atoms with E-state index in [1.165, 1.54) is 0 Å². The Morgan fingerprint density at radius 1 is 1.16 bits per heavy atom. The molecule has 0 fully saturated rings. The number of hydrogen-bond acceptors (Lipinski definition) is 2. The van der Waals surface area contributed by atoms with Crippen molar-refractivity contribution in [3.05, 3.63) is 64.7 Å². The van der Waals surface area contributed by atoms with E-state index in [9.17, 15) is 4.21 Å². The minimum atomic E-state index is -1.12. The average Bonchev–Trinajstić information content (AvgIpc) is 2.39. The van der Waals surface area contributed by atoms with E-state index in [2.05, 4.69) is 6.07 Å². The highest BCUT2D eigenvalue weighted by Crippen LogP contribution is 2.19. The third-order valence-corrected chi connectivity index (χ3v) is 4.52. The van der Waals surface area contributed by atoms with E-state index in [-0.39, 0.29) is 0 Å². The minimum Gasteiger partial charge on any atom is -0.254 e. The highest BCUT2D eigenvalue weighted by Gasteiger charge is 2.10. The van der Waals surface area contributed by atoms with Gasteiger partial charge >= 0.3 is 0 Å². The molecule has 0 saturated heterocycles. The van der Waals surface area contributed by atoms with Crippen LogP contribution in [-0.2, 0) is 16.6 Å². The molecule has 0 aliphatic heterocycles. The summed E-state index contributed by atoms with van der Waals surface area (Å²) in [5.74, 6) is 0.383. The first kappa shape index (κ1) is 13.5. The van der Waals surface area contributed by atoms with Gasteiger partial charge in [0.05, 0.1) is 28.2 Å². The SMILES string of the molecule is Cc1ccc(S(=O)Cc2ccccc2C#N)c(C)c1. The molecule has 2 aromatic carbocycles. The van der Waals surface area contributed by atoms with Crippen LogP contribution in [0.1, 0.15) is 22.3 Å². The Balaban J connectivity index is 2.29. The zero-order chi connectivity index (χ0) is 13.8. The largest absolute Gasteiger partial charge is 0.254 e. The predicted molar refractivity (Wildman–Crippen MR) is 77.2 cm³/mol. The molecule has 0 N–H and O–H groups in total. The topological polar surface area (TPSA) is 40.9 Å². The van der Waals surface area contributed by atoms with Crippen molar-refractivity contribution in [2.75, 3.05) is 0 Å². The number of rotatable bonds is 3. The highest BCUT2D eigenvalue weighted by molar-refractivity contribution is 7.84. The normalized spacial score (nSPS) is 11.8. The second-order valence-electron chi connectivity index (χ2n) is 4.53. The maximum atomic E-state index is 12.4. The van der Waals surface area contributed by atoms with Crippen molar-refractivity contribution in [2.45, 2.75) is 24.5 Å². The fourth-order valence-corrected chi connectivity index (χ4v) is 3.36. The van der Waals surface area contributed by atoms with Crippen LogP contribution < -0.4 is 0 Å². The van der Waals surface area contributed by atoms with Crippen molar-refractivity contribution < 1.29 is 4.21 Å². The third kappa shape index (κ3) is 3.10. The summed E-state index contributed by atoms with van der Waals surface area (Å²) in [5, 5.41) is 9.04. The lowest BCUT2D eigenvalue weighted by Crippen LogP contribution is -2.01. The van der Waals surface area contributed by atoms with Gasteiger partial charge in [-0.05, 0) is 37.1 Å². The Kier molecular flexibility index (Phi) is 4.13. The van der Waals surface area contributed by atoms with Gasteiger partial charge in [-0.1, -0.05) is 35.9 Å². The predicted octanol–water partition coefficient (Wildman–Crippen LogP) is 3.48. The van der Waals surface area contributed by atoms with Crippen LogP contribution in [0.15, 0.2) is 47.4 Å². The Hall–Kier alpha value is -1.92. The van der Waals surface area contributed by atoms with Crippen molar-refractivity contribution in [3.63, 3.8) is 0 Å². The molecule has 0 aromatic heterocycles. The van der Waals surface area contributed by atoms with Crippen LogP contribution in [0.4, 0.5) is 0 Å². The third-order valence-electron chi connectivity index (χ3n) is 3.00. The number of nitrogens with zero attached hydrogens (tertiary/aromatic N) is 1. The van der Waals surface area contributed by atoms with Gasteiger partial charge in [0.15, 0.2) is 0 Å². The van der Waals surface area contributed by atoms with Crippen LogP contribution in [0.2, 0.25) is 0 Å². The van der Waals surface area contributed by atoms with Gasteiger partial charge in [0.1, 0.15) is 0 Å². The summed E-state index contributed by atoms with van der Waals surface area (Å²) >= 11 is 0. The van der Waals surface area contributed by atoms with Crippen LogP contribution in [0.3, 0.4) is 0 Å². The first-order valence-electron chi connectivity index (χ1n) is 6.05. The lowest BCUT2D eigenvalue weighted by Gasteiger charge is -2.08. The maximum Gasteiger partial charge on any atom is 0.0994 e. The molecule has 0 saturated carbocycles. The van der Waals surface area contributed by atoms with Gasteiger partial charge < -0.3 is 0 Å². The van der Waals surface area contributed by atoms with Crippen molar-refractivity contribution in [1.82, 2.24) is 0 Å². The van der Waals surface area contributed by atoms with Crippen molar-refractivity contribution in [1.29, 1.82) is 5.26 Å². The van der Waals surface area contributed by atoms with E-state index in [4.69, 9.17) is 5.26 Å². The van der Waals surface area contributed by atoms with Gasteiger partial charge in [-0.2, -0.15) is 5.26 Å². The molecule has 1 unspecified atom stereocenters. The van der Waals surface area contributed by atoms with Crippen molar-refractivity contribution >= 4 is 10.8 Å². The molecule has 2 aromatic rings. The summed E-state index contributed by atoms with van der Waals surface area (Å²) in [5.41, 5.74) is 3.63. The van der Waals surface area contributed by atoms with E-state index in [1.54, 1.807) is 6.07 Å². The quantitative estimate of drug-likeness (QED) is 0.856. The molecule has 0 aliphatic rings. The fourth-order valence-electron chi connectivity index (χ4n) is 2.03. The Morgan fingerprint density at radius 3 is 2.58 bits per heavy atom. The Labute approximate surface area is 116 Å². The van der Waals surface area contributed by atoms with Gasteiger partial charge in [-0.15, -0.1) is 0 Å². The van der Waals surface area contributed by atoms with E-state index < -0.39 is 10.8 Å². The summed E-state index contributed by atoms with van der Waals surface area (Å²) < 4.78 is 12.4. The maximum absolute atomic E-state index is 12.4. The van der Waals surface area contributed by atoms with Crippen LogP contribution in [-0.4, -0.2) is 4.21 Å². The first-order chi connectivity index (χ1) is 9.11. The molecular formula is C16H15NOS. The minimum absolute atomic E-state index is 0.383. The highest BCUT2D eigenvalue weighted by atomic mass is 32.2. The van der Waals surface area contributed by atoms with E-state index in [0.717, 1.165) is 21.6 Å². The smallest absolute Gasteiger partial charge is 0.0994 e. The standard InChI is InChI=1S/C16H15NOS/c1-12-7-8-16(13(2)9-12)19(18)11-15-6-4-3-5-14(15)10-17/h3-9H,11H2,1-2H3. The lowest BCUT2D eigenvalue weighted by molar-refractivity contribution is 0.682. The summed E-state index contributed by atoms with van der Waals surface area (Å²) in [6.45, 7) is 3.99. The fraction of sp³-hybridized carbons (Fsp3) is 0.188. The summed E-state index contributed by atoms with van der Waals surface area (Å²) in [6, 6.07) is 15.4. The Morgan fingerprint density at radius 2 is 1.89 bits per heavy atom. The molecule has 96 valence electrons. The van der Waals surface area contributed by atoms with Crippen molar-refractivity contribution in [3.8, 4) is 6.07 Å². The molecule has 0 aliphatic carbocycles. The molecule has 3 heteroatoms. The summed E-state index contributed by atoms with van der Waals surface area (Å²) in [4.78, 5) is 0.846. The number of nitriles is 1. The summed E-state index contributed by atoms with van der Waals surface area (Å²) in [7, 11) is -1.12. The zero-order valence-electron chi connectivity index (χ0n) is 11.0. The zero-order valence-corrected chi connectivity index (χ0v) is 11.8. The van der Waals surface area contributed by atoms with Gasteiger partial charge in [0.2, 0.25) is 0 Å². The lowest BCUT2D eigenvalue weighted by atomic mass is 10.1. The van der Waals surface area contributed by atoms with E-state index in [1.807, 2.05) is 50.2 Å². The van der Waals surface area contributed by atoms with Crippen LogP contribution >= 0.6 is 0 Å². The molecule has 1 atom stereocenters. The molecule has 19 heavy (non-hydrogen) atoms. The van der Waals surface area contributed by atoms with E-state index >= 15 is 0 Å². The molecule has 0 spiro atoms. The number of benzene rings is 2. The molecule has 0 bridgehead atoms. The molecule has 0 radical (unpaired) electrons. The first-order valence-corrected chi connectivity index (χ1v) is 7.37. The second-order valence-corrected chi connectivity index (χ2v) is 5.95. The van der Waals surface area contributed by atoms with Gasteiger partial charge in [0, 0.05) is 4.90 Å². The molecule has 0 amide bonds. The number of hydrogen-bond donors (Lipinski definition) is 0. The van der Waals surface area contributed by atoms with Crippen LogP contribution in [0, 0.1) is 25.2 Å². The average molecular weight is 269 g/mol. The van der Waals surface area contributed by atoms with Gasteiger partial charge in [-0.3, -0.25) is 4.21 Å². The Bertz CT molecular complexity index is 671. The molecule has 2 rings (SSSR count). The van der Waals surface area contributed by atoms with Crippen LogP contribution in [0.5, 0.6) is 0 Å². The number of aryl methyl sites for hydroxylation is 2. The molecule has 2 nitrogen and oxygen atoms in total. The van der Waals surface area contributed by atoms with Crippen molar-refractivity contribution in [2.24, 2.45) is 0 Å². The van der Waals surface area contributed by atoms with Gasteiger partial charge in [-0.25, -0.2) is 0 Å². The monoisotopic (exact) mass is 269 g/mol. The summed E-state index contributed by atoms with van der Waals surface area (Å²) in [6.07, 6.45) is 0. The van der Waals surface area contributed by atoms with Crippen LogP contribution in [0.25, 0.3) is 0 Å². The van der Waals surface area contributed by atoms with Gasteiger partial charge in [0.25, 0.3) is 0 Å². The van der Waals surface area contributed by atoms with E-state index in [0.29, 0.717) is 11.3 Å². The second kappa shape index (κ2) is 5.81. The molecule has 0 heterocycles. The molecular weight excluding hydrogens is 254 g/mol.